The van der Waals surface area contributed by atoms with E-state index < -0.39 is 16.9 Å². The van der Waals surface area contributed by atoms with E-state index in [1.54, 1.807) is 6.07 Å². The van der Waals surface area contributed by atoms with Crippen LogP contribution in [0.1, 0.15) is 12.5 Å². The van der Waals surface area contributed by atoms with Gasteiger partial charge < -0.3 is 5.73 Å². The number of nitrogens with zero attached hydrogens (tertiary/aromatic N) is 1. The predicted molar refractivity (Wildman–Crippen MR) is 55.4 cm³/mol. The van der Waals surface area contributed by atoms with E-state index in [9.17, 15) is 18.9 Å². The van der Waals surface area contributed by atoms with Crippen LogP contribution in [0.4, 0.5) is 14.5 Å². The molecule has 6 heteroatoms. The molecule has 0 heterocycles. The van der Waals surface area contributed by atoms with Gasteiger partial charge in [-0.1, -0.05) is 18.2 Å². The van der Waals surface area contributed by atoms with Crippen LogP contribution in [-0.2, 0) is 6.42 Å². The lowest BCUT2D eigenvalue weighted by Crippen LogP contribution is -2.45. The van der Waals surface area contributed by atoms with E-state index in [4.69, 9.17) is 5.73 Å². The molecule has 16 heavy (non-hydrogen) atoms. The zero-order chi connectivity index (χ0) is 12.3. The minimum Gasteiger partial charge on any atom is -0.320 e. The molecule has 0 spiro atoms. The third-order valence-corrected chi connectivity index (χ3v) is 2.26. The number of hydrogen-bond donors (Lipinski definition) is 1. The lowest BCUT2D eigenvalue weighted by Gasteiger charge is -2.23. The molecule has 0 aliphatic heterocycles. The number of nitrogens with two attached hydrogens (primary N) is 1. The van der Waals surface area contributed by atoms with Crippen molar-refractivity contribution in [2.75, 3.05) is 0 Å². The third kappa shape index (κ3) is 2.73. The van der Waals surface area contributed by atoms with Crippen LogP contribution in [0.2, 0.25) is 0 Å². The number of benzene rings is 1. The van der Waals surface area contributed by atoms with Crippen molar-refractivity contribution >= 4 is 5.69 Å². The standard InChI is InChI=1S/C10H12F2N2O2/c1-10(13,9(11)12)6-7-4-2-3-5-8(7)14(15)16/h2-5,9H,6,13H2,1H3. The van der Waals surface area contributed by atoms with Gasteiger partial charge in [-0.05, 0) is 6.92 Å². The molecule has 0 radical (unpaired) electrons. The summed E-state index contributed by atoms with van der Waals surface area (Å²) in [6.45, 7) is 1.17. The SMILES string of the molecule is CC(N)(Cc1ccccc1[N+](=O)[O-])C(F)F. The summed E-state index contributed by atoms with van der Waals surface area (Å²) in [5.74, 6) is 0. The summed E-state index contributed by atoms with van der Waals surface area (Å²) in [4.78, 5) is 10.1. The number of hydrogen-bond acceptors (Lipinski definition) is 3. The molecule has 0 saturated heterocycles. The first kappa shape index (κ1) is 12.5. The molecule has 0 fully saturated rings. The van der Waals surface area contributed by atoms with Crippen molar-refractivity contribution in [3.63, 3.8) is 0 Å². The summed E-state index contributed by atoms with van der Waals surface area (Å²) in [7, 11) is 0. The molecule has 0 aromatic heterocycles. The molecule has 1 aromatic rings. The van der Waals surface area contributed by atoms with Crippen molar-refractivity contribution in [1.82, 2.24) is 0 Å². The Morgan fingerprint density at radius 3 is 2.56 bits per heavy atom. The molecule has 0 amide bonds. The highest BCUT2D eigenvalue weighted by atomic mass is 19.3. The summed E-state index contributed by atoms with van der Waals surface area (Å²) in [6, 6.07) is 5.75. The molecule has 1 unspecified atom stereocenters. The van der Waals surface area contributed by atoms with E-state index in [-0.39, 0.29) is 17.7 Å². The molecule has 1 rings (SSSR count). The molecular weight excluding hydrogens is 218 g/mol. The number of rotatable bonds is 4. The van der Waals surface area contributed by atoms with Crippen LogP contribution in [0.3, 0.4) is 0 Å². The van der Waals surface area contributed by atoms with E-state index >= 15 is 0 Å². The van der Waals surface area contributed by atoms with Crippen LogP contribution in [-0.4, -0.2) is 16.9 Å². The zero-order valence-electron chi connectivity index (χ0n) is 8.69. The number of para-hydroxylation sites is 1. The zero-order valence-corrected chi connectivity index (χ0v) is 8.69. The van der Waals surface area contributed by atoms with Gasteiger partial charge in [-0.3, -0.25) is 10.1 Å². The van der Waals surface area contributed by atoms with Crippen molar-refractivity contribution in [3.8, 4) is 0 Å². The molecule has 88 valence electrons. The van der Waals surface area contributed by atoms with E-state index in [1.165, 1.54) is 25.1 Å². The van der Waals surface area contributed by atoms with Gasteiger partial charge >= 0.3 is 0 Å². The minimum atomic E-state index is -2.73. The predicted octanol–water partition coefficient (Wildman–Crippen LogP) is 2.12. The number of nitro groups is 1. The monoisotopic (exact) mass is 230 g/mol. The second kappa shape index (κ2) is 4.52. The summed E-state index contributed by atoms with van der Waals surface area (Å²) in [6.07, 6.45) is -2.96. The topological polar surface area (TPSA) is 69.2 Å². The molecule has 1 aromatic carbocycles. The number of nitro benzene ring substituents is 1. The lowest BCUT2D eigenvalue weighted by atomic mass is 9.93. The second-order valence-corrected chi connectivity index (χ2v) is 3.87. The normalized spacial score (nSPS) is 14.8. The van der Waals surface area contributed by atoms with Crippen LogP contribution >= 0.6 is 0 Å². The molecule has 0 saturated carbocycles. The van der Waals surface area contributed by atoms with Gasteiger partial charge in [0.05, 0.1) is 10.5 Å². The number of halogens is 2. The van der Waals surface area contributed by atoms with Crippen LogP contribution in [0.15, 0.2) is 24.3 Å². The minimum absolute atomic E-state index is 0.181. The summed E-state index contributed by atoms with van der Waals surface area (Å²) >= 11 is 0. The average molecular weight is 230 g/mol. The van der Waals surface area contributed by atoms with Crippen LogP contribution < -0.4 is 5.73 Å². The quantitative estimate of drug-likeness (QED) is 0.636. The Kier molecular flexibility index (Phi) is 3.54. The first-order valence-electron chi connectivity index (χ1n) is 4.64. The Hall–Kier alpha value is -1.56. The van der Waals surface area contributed by atoms with Gasteiger partial charge in [0.25, 0.3) is 12.1 Å². The Morgan fingerprint density at radius 1 is 1.50 bits per heavy atom. The van der Waals surface area contributed by atoms with Crippen molar-refractivity contribution in [2.45, 2.75) is 25.3 Å². The Morgan fingerprint density at radius 2 is 2.06 bits per heavy atom. The fourth-order valence-electron chi connectivity index (χ4n) is 1.33. The molecule has 2 N–H and O–H groups in total. The van der Waals surface area contributed by atoms with Gasteiger partial charge in [-0.2, -0.15) is 0 Å². The van der Waals surface area contributed by atoms with Gasteiger partial charge in [-0.15, -0.1) is 0 Å². The molecular formula is C10H12F2N2O2. The number of alkyl halides is 2. The summed E-state index contributed by atoms with van der Waals surface area (Å²) in [5.41, 5.74) is 3.67. The molecule has 4 nitrogen and oxygen atoms in total. The van der Waals surface area contributed by atoms with Crippen molar-refractivity contribution in [1.29, 1.82) is 0 Å². The highest BCUT2D eigenvalue weighted by Crippen LogP contribution is 2.24. The van der Waals surface area contributed by atoms with Gasteiger partial charge in [0.2, 0.25) is 0 Å². The third-order valence-electron chi connectivity index (χ3n) is 2.26. The van der Waals surface area contributed by atoms with Gasteiger partial charge in [-0.25, -0.2) is 8.78 Å². The molecule has 0 aliphatic carbocycles. The van der Waals surface area contributed by atoms with E-state index in [0.29, 0.717) is 0 Å². The lowest BCUT2D eigenvalue weighted by molar-refractivity contribution is -0.385. The summed E-state index contributed by atoms with van der Waals surface area (Å²) in [5, 5.41) is 10.7. The molecule has 0 aliphatic rings. The Balaban J connectivity index is 3.02. The molecule has 0 bridgehead atoms. The van der Waals surface area contributed by atoms with E-state index in [1.807, 2.05) is 0 Å². The summed E-state index contributed by atoms with van der Waals surface area (Å²) < 4.78 is 25.1. The van der Waals surface area contributed by atoms with Gasteiger partial charge in [0.15, 0.2) is 0 Å². The van der Waals surface area contributed by atoms with E-state index in [0.717, 1.165) is 0 Å². The Labute approximate surface area is 91.2 Å². The van der Waals surface area contributed by atoms with E-state index in [2.05, 4.69) is 0 Å². The van der Waals surface area contributed by atoms with Crippen molar-refractivity contribution in [2.24, 2.45) is 5.73 Å². The first-order valence-corrected chi connectivity index (χ1v) is 4.64. The average Bonchev–Trinajstić information content (AvgIpc) is 2.17. The van der Waals surface area contributed by atoms with Gasteiger partial charge in [0, 0.05) is 18.1 Å². The highest BCUT2D eigenvalue weighted by molar-refractivity contribution is 5.40. The maximum atomic E-state index is 12.5. The maximum Gasteiger partial charge on any atom is 0.272 e. The van der Waals surface area contributed by atoms with Crippen molar-refractivity contribution in [3.05, 3.63) is 39.9 Å². The van der Waals surface area contributed by atoms with Gasteiger partial charge in [0.1, 0.15) is 0 Å². The van der Waals surface area contributed by atoms with Crippen LogP contribution in [0.25, 0.3) is 0 Å². The largest absolute Gasteiger partial charge is 0.320 e. The molecule has 1 atom stereocenters. The maximum absolute atomic E-state index is 12.5. The smallest absolute Gasteiger partial charge is 0.272 e. The van der Waals surface area contributed by atoms with Crippen molar-refractivity contribution < 1.29 is 13.7 Å². The highest BCUT2D eigenvalue weighted by Gasteiger charge is 2.32. The second-order valence-electron chi connectivity index (χ2n) is 3.87. The Bertz CT molecular complexity index is 394. The first-order chi connectivity index (χ1) is 7.34. The fourth-order valence-corrected chi connectivity index (χ4v) is 1.33. The fraction of sp³-hybridized carbons (Fsp3) is 0.400. The van der Waals surface area contributed by atoms with Crippen LogP contribution in [0, 0.1) is 10.1 Å². The van der Waals surface area contributed by atoms with Crippen LogP contribution in [0.5, 0.6) is 0 Å².